The number of pyridine rings is 2. The van der Waals surface area contributed by atoms with Gasteiger partial charge >= 0.3 is 0 Å². The van der Waals surface area contributed by atoms with Crippen molar-refractivity contribution in [2.45, 2.75) is 6.92 Å². The summed E-state index contributed by atoms with van der Waals surface area (Å²) in [4.78, 5) is 20.1. The molecule has 21 heavy (non-hydrogen) atoms. The van der Waals surface area contributed by atoms with Crippen LogP contribution in [0.3, 0.4) is 0 Å². The molecule has 0 radical (unpaired) electrons. The van der Waals surface area contributed by atoms with Crippen LogP contribution in [0, 0.1) is 12.9 Å². The van der Waals surface area contributed by atoms with E-state index in [1.54, 1.807) is 6.07 Å². The van der Waals surface area contributed by atoms with Gasteiger partial charge in [0.2, 0.25) is 5.95 Å². The summed E-state index contributed by atoms with van der Waals surface area (Å²) in [5, 5.41) is 3.67. The van der Waals surface area contributed by atoms with Gasteiger partial charge in [-0.2, -0.15) is 4.39 Å². The first-order valence-electron chi connectivity index (χ1n) is 6.43. The van der Waals surface area contributed by atoms with Crippen LogP contribution in [-0.4, -0.2) is 15.9 Å². The lowest BCUT2D eigenvalue weighted by Crippen LogP contribution is -2.13. The average molecular weight is 281 g/mol. The molecule has 0 saturated heterocycles. The Labute approximate surface area is 120 Å². The van der Waals surface area contributed by atoms with Crippen LogP contribution in [0.15, 0.2) is 48.7 Å². The summed E-state index contributed by atoms with van der Waals surface area (Å²) in [5.74, 6) is -0.949. The van der Waals surface area contributed by atoms with Crippen LogP contribution in [0.25, 0.3) is 10.9 Å². The second-order valence-electron chi connectivity index (χ2n) is 4.65. The van der Waals surface area contributed by atoms with Crippen molar-refractivity contribution in [1.29, 1.82) is 0 Å². The molecule has 2 aromatic heterocycles. The molecule has 1 amide bonds. The highest BCUT2D eigenvalue weighted by Crippen LogP contribution is 2.23. The monoisotopic (exact) mass is 281 g/mol. The van der Waals surface area contributed by atoms with Crippen LogP contribution in [0.5, 0.6) is 0 Å². The Morgan fingerprint density at radius 2 is 2.00 bits per heavy atom. The molecule has 1 aromatic carbocycles. The molecule has 3 aromatic rings. The van der Waals surface area contributed by atoms with E-state index in [-0.39, 0.29) is 5.91 Å². The lowest BCUT2D eigenvalue weighted by molar-refractivity contribution is 0.102. The van der Waals surface area contributed by atoms with Crippen LogP contribution < -0.4 is 5.32 Å². The molecule has 0 atom stereocenters. The fraction of sp³-hybridized carbons (Fsp3) is 0.0625. The van der Waals surface area contributed by atoms with Gasteiger partial charge in [0.1, 0.15) is 0 Å². The van der Waals surface area contributed by atoms with E-state index in [2.05, 4.69) is 15.3 Å². The highest BCUT2D eigenvalue weighted by atomic mass is 19.1. The summed E-state index contributed by atoms with van der Waals surface area (Å²) >= 11 is 0. The maximum Gasteiger partial charge on any atom is 0.257 e. The van der Waals surface area contributed by atoms with E-state index in [4.69, 9.17) is 0 Å². The molecule has 0 fully saturated rings. The predicted octanol–water partition coefficient (Wildman–Crippen LogP) is 3.33. The Balaban J connectivity index is 1.98. The molecule has 2 heterocycles. The highest BCUT2D eigenvalue weighted by Gasteiger charge is 2.10. The Morgan fingerprint density at radius 1 is 1.19 bits per heavy atom. The number of carbonyl (C=O) groups is 1. The number of benzene rings is 1. The number of nitrogens with zero attached hydrogens (tertiary/aromatic N) is 2. The number of para-hydroxylation sites is 1. The Morgan fingerprint density at radius 3 is 2.76 bits per heavy atom. The number of carbonyl (C=O) groups excluding carboxylic acids is 1. The molecule has 1 N–H and O–H groups in total. The molecule has 4 nitrogen and oxygen atoms in total. The predicted molar refractivity (Wildman–Crippen MR) is 78.6 cm³/mol. The molecule has 0 aliphatic heterocycles. The van der Waals surface area contributed by atoms with Crippen LogP contribution in [0.2, 0.25) is 0 Å². The minimum atomic E-state index is -0.614. The van der Waals surface area contributed by atoms with E-state index in [1.807, 2.05) is 31.2 Å². The third-order valence-corrected chi connectivity index (χ3v) is 3.08. The van der Waals surface area contributed by atoms with E-state index in [0.717, 1.165) is 22.7 Å². The number of aromatic nitrogens is 2. The van der Waals surface area contributed by atoms with Crippen molar-refractivity contribution >= 4 is 22.5 Å². The third kappa shape index (κ3) is 2.72. The van der Waals surface area contributed by atoms with Gasteiger partial charge in [0.25, 0.3) is 5.91 Å². The normalized spacial score (nSPS) is 10.6. The number of aryl methyl sites for hydroxylation is 1. The van der Waals surface area contributed by atoms with E-state index >= 15 is 0 Å². The Kier molecular flexibility index (Phi) is 3.31. The summed E-state index contributed by atoms with van der Waals surface area (Å²) in [5.41, 5.74) is 2.59. The molecule has 0 bridgehead atoms. The van der Waals surface area contributed by atoms with Gasteiger partial charge in [0, 0.05) is 17.3 Å². The van der Waals surface area contributed by atoms with Gasteiger partial charge in [0.15, 0.2) is 0 Å². The lowest BCUT2D eigenvalue weighted by atomic mass is 10.1. The largest absolute Gasteiger partial charge is 0.321 e. The van der Waals surface area contributed by atoms with Crippen molar-refractivity contribution in [2.24, 2.45) is 0 Å². The summed E-state index contributed by atoms with van der Waals surface area (Å²) in [6.45, 7) is 1.86. The molecule has 0 spiro atoms. The first-order chi connectivity index (χ1) is 10.1. The SMILES string of the molecule is Cc1cc(NC(=O)c2ccc(F)nc2)c2ccccc2n1. The molecule has 0 unspecified atom stereocenters. The molecule has 0 saturated carbocycles. The van der Waals surface area contributed by atoms with Crippen LogP contribution in [-0.2, 0) is 0 Å². The van der Waals surface area contributed by atoms with E-state index < -0.39 is 5.95 Å². The van der Waals surface area contributed by atoms with Gasteiger partial charge in [-0.1, -0.05) is 18.2 Å². The Hall–Kier alpha value is -2.82. The van der Waals surface area contributed by atoms with Crippen molar-refractivity contribution in [1.82, 2.24) is 9.97 Å². The average Bonchev–Trinajstić information content (AvgIpc) is 2.47. The van der Waals surface area contributed by atoms with E-state index in [1.165, 1.54) is 12.3 Å². The first-order valence-corrected chi connectivity index (χ1v) is 6.43. The number of fused-ring (bicyclic) bond motifs is 1. The minimum Gasteiger partial charge on any atom is -0.321 e. The summed E-state index contributed by atoms with van der Waals surface area (Å²) < 4.78 is 12.8. The molecule has 0 aliphatic carbocycles. The highest BCUT2D eigenvalue weighted by molar-refractivity contribution is 6.08. The van der Waals surface area contributed by atoms with Crippen LogP contribution in [0.1, 0.15) is 16.1 Å². The molecular weight excluding hydrogens is 269 g/mol. The third-order valence-electron chi connectivity index (χ3n) is 3.08. The second-order valence-corrected chi connectivity index (χ2v) is 4.65. The van der Waals surface area contributed by atoms with Gasteiger partial charge in [-0.25, -0.2) is 4.98 Å². The van der Waals surface area contributed by atoms with E-state index in [9.17, 15) is 9.18 Å². The van der Waals surface area contributed by atoms with Crippen molar-refractivity contribution < 1.29 is 9.18 Å². The maximum atomic E-state index is 12.8. The topological polar surface area (TPSA) is 54.9 Å². The van der Waals surface area contributed by atoms with Gasteiger partial charge in [-0.15, -0.1) is 0 Å². The Bertz CT molecular complexity index is 815. The summed E-state index contributed by atoms with van der Waals surface area (Å²) in [6.07, 6.45) is 1.21. The van der Waals surface area contributed by atoms with Gasteiger partial charge < -0.3 is 5.32 Å². The zero-order valence-electron chi connectivity index (χ0n) is 11.3. The van der Waals surface area contributed by atoms with Crippen molar-refractivity contribution in [2.75, 3.05) is 5.32 Å². The lowest BCUT2D eigenvalue weighted by Gasteiger charge is -2.09. The fourth-order valence-electron chi connectivity index (χ4n) is 2.12. The van der Waals surface area contributed by atoms with Crippen molar-refractivity contribution in [3.8, 4) is 0 Å². The quantitative estimate of drug-likeness (QED) is 0.733. The number of halogens is 1. The zero-order valence-corrected chi connectivity index (χ0v) is 11.3. The second kappa shape index (κ2) is 5.28. The van der Waals surface area contributed by atoms with Crippen molar-refractivity contribution in [3.63, 3.8) is 0 Å². The van der Waals surface area contributed by atoms with Crippen LogP contribution >= 0.6 is 0 Å². The summed E-state index contributed by atoms with van der Waals surface area (Å²) in [6, 6.07) is 11.9. The van der Waals surface area contributed by atoms with Crippen molar-refractivity contribution in [3.05, 3.63) is 65.9 Å². The van der Waals surface area contributed by atoms with E-state index in [0.29, 0.717) is 11.3 Å². The first kappa shape index (κ1) is 13.2. The van der Waals surface area contributed by atoms with Crippen LogP contribution in [0.4, 0.5) is 10.1 Å². The van der Waals surface area contributed by atoms with Gasteiger partial charge in [-0.3, -0.25) is 9.78 Å². The number of nitrogens with one attached hydrogen (secondary N) is 1. The fourth-order valence-corrected chi connectivity index (χ4v) is 2.12. The molecule has 104 valence electrons. The maximum absolute atomic E-state index is 12.8. The minimum absolute atomic E-state index is 0.301. The summed E-state index contributed by atoms with van der Waals surface area (Å²) in [7, 11) is 0. The molecule has 3 rings (SSSR count). The molecule has 5 heteroatoms. The van der Waals surface area contributed by atoms with Gasteiger partial charge in [0.05, 0.1) is 16.8 Å². The zero-order chi connectivity index (χ0) is 14.8. The standard InChI is InChI=1S/C16H12FN3O/c1-10-8-14(12-4-2-3-5-13(12)19-10)20-16(21)11-6-7-15(17)18-9-11/h2-9H,1H3,(H,19,20,21). The smallest absolute Gasteiger partial charge is 0.257 e. The number of hydrogen-bond donors (Lipinski definition) is 1. The molecule has 0 aliphatic rings. The molecular formula is C16H12FN3O. The number of amides is 1. The number of anilines is 1. The number of hydrogen-bond acceptors (Lipinski definition) is 3. The number of rotatable bonds is 2. The van der Waals surface area contributed by atoms with Gasteiger partial charge in [-0.05, 0) is 31.2 Å².